The smallest absolute Gasteiger partial charge is 0.266 e. The van der Waals surface area contributed by atoms with Gasteiger partial charge < -0.3 is 10.7 Å². The van der Waals surface area contributed by atoms with Crippen molar-refractivity contribution >= 4 is 5.69 Å². The van der Waals surface area contributed by atoms with Crippen molar-refractivity contribution in [2.24, 2.45) is 0 Å². The molecule has 1 heterocycles. The van der Waals surface area contributed by atoms with Crippen molar-refractivity contribution in [1.29, 1.82) is 5.26 Å². The summed E-state index contributed by atoms with van der Waals surface area (Å²) in [6.07, 6.45) is 0. The molecule has 1 aromatic heterocycles. The zero-order chi connectivity index (χ0) is 16.4. The third-order valence-corrected chi connectivity index (χ3v) is 3.80. The predicted molar refractivity (Wildman–Crippen MR) is 91.8 cm³/mol. The predicted octanol–water partition coefficient (Wildman–Crippen LogP) is 3.47. The van der Waals surface area contributed by atoms with Crippen LogP contribution in [0.1, 0.15) is 11.1 Å². The van der Waals surface area contributed by atoms with Gasteiger partial charge in [-0.15, -0.1) is 0 Å². The molecule has 0 aliphatic carbocycles. The molecule has 2 aromatic carbocycles. The third-order valence-electron chi connectivity index (χ3n) is 3.80. The fraction of sp³-hybridized carbons (Fsp3) is 0.0526. The Morgan fingerprint density at radius 1 is 1.04 bits per heavy atom. The van der Waals surface area contributed by atoms with E-state index in [0.29, 0.717) is 16.9 Å². The minimum Gasteiger partial charge on any atom is -0.399 e. The lowest BCUT2D eigenvalue weighted by molar-refractivity contribution is 1.22. The summed E-state index contributed by atoms with van der Waals surface area (Å²) in [5, 5.41) is 9.36. The van der Waals surface area contributed by atoms with Crippen molar-refractivity contribution in [1.82, 2.24) is 4.98 Å². The van der Waals surface area contributed by atoms with Crippen LogP contribution in [0.5, 0.6) is 0 Å². The number of aromatic nitrogens is 1. The Hall–Kier alpha value is -3.32. The molecule has 0 radical (unpaired) electrons. The lowest BCUT2D eigenvalue weighted by Gasteiger charge is -2.10. The van der Waals surface area contributed by atoms with E-state index in [4.69, 9.17) is 5.73 Å². The molecule has 112 valence electrons. The van der Waals surface area contributed by atoms with Gasteiger partial charge in [-0.1, -0.05) is 36.4 Å². The molecule has 0 atom stereocenters. The molecule has 4 nitrogen and oxygen atoms in total. The van der Waals surface area contributed by atoms with Crippen molar-refractivity contribution in [3.63, 3.8) is 0 Å². The zero-order valence-electron chi connectivity index (χ0n) is 12.6. The number of rotatable bonds is 2. The second kappa shape index (κ2) is 5.82. The van der Waals surface area contributed by atoms with Gasteiger partial charge in [0.1, 0.15) is 11.6 Å². The Morgan fingerprint density at radius 2 is 1.74 bits per heavy atom. The van der Waals surface area contributed by atoms with Crippen molar-refractivity contribution in [2.45, 2.75) is 6.92 Å². The first-order valence-corrected chi connectivity index (χ1v) is 7.19. The second-order valence-electron chi connectivity index (χ2n) is 5.35. The van der Waals surface area contributed by atoms with Crippen molar-refractivity contribution in [3.05, 3.63) is 76.1 Å². The molecule has 4 heteroatoms. The number of nitrogens with zero attached hydrogens (tertiary/aromatic N) is 1. The van der Waals surface area contributed by atoms with E-state index < -0.39 is 0 Å². The molecule has 3 rings (SSSR count). The van der Waals surface area contributed by atoms with Crippen LogP contribution in [0, 0.1) is 18.3 Å². The van der Waals surface area contributed by atoms with Crippen LogP contribution in [0.25, 0.3) is 22.4 Å². The monoisotopic (exact) mass is 301 g/mol. The van der Waals surface area contributed by atoms with Gasteiger partial charge >= 0.3 is 0 Å². The first-order valence-electron chi connectivity index (χ1n) is 7.19. The lowest BCUT2D eigenvalue weighted by atomic mass is 9.96. The number of nitrogens with two attached hydrogens (primary N) is 1. The maximum absolute atomic E-state index is 12.3. The molecule has 0 amide bonds. The SMILES string of the molecule is Cc1ccccc1-c1cc(-c2ccc(N)cc2)[nH]c(=O)c1C#N. The van der Waals surface area contributed by atoms with Gasteiger partial charge in [-0.3, -0.25) is 4.79 Å². The van der Waals surface area contributed by atoms with Crippen LogP contribution in [0.4, 0.5) is 5.69 Å². The van der Waals surface area contributed by atoms with Gasteiger partial charge in [0.15, 0.2) is 0 Å². The number of hydrogen-bond acceptors (Lipinski definition) is 3. The average Bonchev–Trinajstić information content (AvgIpc) is 2.55. The summed E-state index contributed by atoms with van der Waals surface area (Å²) in [5.41, 5.74) is 10.1. The zero-order valence-corrected chi connectivity index (χ0v) is 12.6. The van der Waals surface area contributed by atoms with Crippen LogP contribution in [0.2, 0.25) is 0 Å². The largest absolute Gasteiger partial charge is 0.399 e. The number of nitrogens with one attached hydrogen (secondary N) is 1. The van der Waals surface area contributed by atoms with Crippen LogP contribution in [0.3, 0.4) is 0 Å². The van der Waals surface area contributed by atoms with E-state index in [1.165, 1.54) is 0 Å². The normalized spacial score (nSPS) is 10.3. The summed E-state index contributed by atoms with van der Waals surface area (Å²) in [6.45, 7) is 1.96. The first kappa shape index (κ1) is 14.6. The fourth-order valence-corrected chi connectivity index (χ4v) is 2.58. The van der Waals surface area contributed by atoms with E-state index in [1.54, 1.807) is 12.1 Å². The molecule has 0 spiro atoms. The average molecular weight is 301 g/mol. The number of aryl methyl sites for hydroxylation is 1. The van der Waals surface area contributed by atoms with Gasteiger partial charge in [-0.25, -0.2) is 0 Å². The highest BCUT2D eigenvalue weighted by Crippen LogP contribution is 2.28. The van der Waals surface area contributed by atoms with Crippen LogP contribution < -0.4 is 11.3 Å². The topological polar surface area (TPSA) is 82.7 Å². The van der Waals surface area contributed by atoms with E-state index in [2.05, 4.69) is 4.98 Å². The van der Waals surface area contributed by atoms with E-state index in [-0.39, 0.29) is 11.1 Å². The molecule has 0 bridgehead atoms. The first-order chi connectivity index (χ1) is 11.1. The molecule has 23 heavy (non-hydrogen) atoms. The molecular formula is C19H15N3O. The molecular weight excluding hydrogens is 286 g/mol. The molecule has 3 aromatic rings. The second-order valence-corrected chi connectivity index (χ2v) is 5.35. The highest BCUT2D eigenvalue weighted by molar-refractivity contribution is 5.77. The molecule has 0 fully saturated rings. The van der Waals surface area contributed by atoms with Gasteiger partial charge in [0.05, 0.1) is 0 Å². The number of pyridine rings is 1. The standard InChI is InChI=1S/C19H15N3O/c1-12-4-2-3-5-15(12)16-10-18(22-19(23)17(16)11-20)13-6-8-14(21)9-7-13/h2-10H,21H2,1H3,(H,22,23). The summed E-state index contributed by atoms with van der Waals surface area (Å²) in [7, 11) is 0. The number of hydrogen-bond donors (Lipinski definition) is 2. The third kappa shape index (κ3) is 2.72. The summed E-state index contributed by atoms with van der Waals surface area (Å²) >= 11 is 0. The quantitative estimate of drug-likeness (QED) is 0.711. The number of benzene rings is 2. The van der Waals surface area contributed by atoms with Crippen molar-refractivity contribution in [3.8, 4) is 28.5 Å². The van der Waals surface area contributed by atoms with E-state index in [1.807, 2.05) is 55.5 Å². The minimum atomic E-state index is -0.389. The number of H-pyrrole nitrogens is 1. The summed E-state index contributed by atoms with van der Waals surface area (Å²) in [5.74, 6) is 0. The Labute approximate surface area is 133 Å². The van der Waals surface area contributed by atoms with E-state index in [9.17, 15) is 10.1 Å². The van der Waals surface area contributed by atoms with Crippen LogP contribution in [0.15, 0.2) is 59.4 Å². The Balaban J connectivity index is 2.27. The highest BCUT2D eigenvalue weighted by atomic mass is 16.1. The van der Waals surface area contributed by atoms with Crippen LogP contribution >= 0.6 is 0 Å². The van der Waals surface area contributed by atoms with Gasteiger partial charge in [0.25, 0.3) is 5.56 Å². The lowest BCUT2D eigenvalue weighted by Crippen LogP contribution is -2.13. The Bertz CT molecular complexity index is 963. The maximum Gasteiger partial charge on any atom is 0.266 e. The minimum absolute atomic E-state index is 0.124. The highest BCUT2D eigenvalue weighted by Gasteiger charge is 2.13. The number of anilines is 1. The summed E-state index contributed by atoms with van der Waals surface area (Å²) in [4.78, 5) is 15.1. The summed E-state index contributed by atoms with van der Waals surface area (Å²) < 4.78 is 0. The van der Waals surface area contributed by atoms with Gasteiger partial charge in [-0.2, -0.15) is 5.26 Å². The van der Waals surface area contributed by atoms with Gasteiger partial charge in [0, 0.05) is 16.9 Å². The Kier molecular flexibility index (Phi) is 3.70. The fourth-order valence-electron chi connectivity index (χ4n) is 2.58. The molecule has 0 saturated carbocycles. The molecule has 0 unspecified atom stereocenters. The van der Waals surface area contributed by atoms with Gasteiger partial charge in [-0.05, 0) is 41.8 Å². The molecule has 3 N–H and O–H groups in total. The van der Waals surface area contributed by atoms with Crippen LogP contribution in [-0.2, 0) is 0 Å². The van der Waals surface area contributed by atoms with Crippen LogP contribution in [-0.4, -0.2) is 4.98 Å². The summed E-state index contributed by atoms with van der Waals surface area (Å²) in [6, 6.07) is 18.8. The van der Waals surface area contributed by atoms with E-state index >= 15 is 0 Å². The number of aromatic amines is 1. The molecule has 0 aliphatic rings. The number of nitriles is 1. The van der Waals surface area contributed by atoms with Crippen molar-refractivity contribution in [2.75, 3.05) is 5.73 Å². The number of nitrogen functional groups attached to an aromatic ring is 1. The Morgan fingerprint density at radius 3 is 2.39 bits per heavy atom. The van der Waals surface area contributed by atoms with Crippen molar-refractivity contribution < 1.29 is 0 Å². The molecule has 0 saturated heterocycles. The van der Waals surface area contributed by atoms with Gasteiger partial charge in [0.2, 0.25) is 0 Å². The van der Waals surface area contributed by atoms with E-state index in [0.717, 1.165) is 16.7 Å². The molecule has 0 aliphatic heterocycles. The maximum atomic E-state index is 12.3.